The van der Waals surface area contributed by atoms with E-state index in [4.69, 9.17) is 5.73 Å². The third kappa shape index (κ3) is 4.35. The number of amides is 1. The van der Waals surface area contributed by atoms with Crippen LogP contribution in [0, 0.1) is 6.92 Å². The minimum atomic E-state index is -0.477. The quantitative estimate of drug-likeness (QED) is 0.905. The van der Waals surface area contributed by atoms with E-state index in [-0.39, 0.29) is 5.91 Å². The number of anilines is 1. The van der Waals surface area contributed by atoms with E-state index in [9.17, 15) is 4.79 Å². The Hall–Kier alpha value is -1.35. The molecule has 0 aliphatic carbocycles. The molecule has 0 radical (unpaired) electrons. The molecule has 0 fully saturated rings. The van der Waals surface area contributed by atoms with E-state index >= 15 is 0 Å². The van der Waals surface area contributed by atoms with E-state index in [1.54, 1.807) is 4.90 Å². The number of carbonyl (C=O) groups excluding carboxylic acids is 1. The van der Waals surface area contributed by atoms with Crippen LogP contribution in [0.3, 0.4) is 0 Å². The summed E-state index contributed by atoms with van der Waals surface area (Å²) in [7, 11) is 1.82. The monoisotopic (exact) mass is 262 g/mol. The molecule has 0 aromatic heterocycles. The number of benzene rings is 1. The van der Waals surface area contributed by atoms with Gasteiger partial charge in [0.1, 0.15) is 0 Å². The van der Waals surface area contributed by atoms with Gasteiger partial charge in [-0.15, -0.1) is 0 Å². The Morgan fingerprint density at radius 2 is 1.95 bits per heavy atom. The first kappa shape index (κ1) is 15.7. The molecule has 0 aliphatic rings. The Kier molecular flexibility index (Phi) is 4.75. The Bertz CT molecular complexity index is 458. The molecule has 19 heavy (non-hydrogen) atoms. The number of carbonyl (C=O) groups is 1. The van der Waals surface area contributed by atoms with Gasteiger partial charge in [-0.3, -0.25) is 4.79 Å². The minimum Gasteiger partial charge on any atom is -0.325 e. The fourth-order valence-corrected chi connectivity index (χ4v) is 1.99. The van der Waals surface area contributed by atoms with Gasteiger partial charge in [0.25, 0.3) is 0 Å². The fraction of sp³-hybridized carbons (Fsp3) is 0.562. The van der Waals surface area contributed by atoms with Gasteiger partial charge in [-0.1, -0.05) is 26.0 Å². The number of nitrogens with two attached hydrogens (primary N) is 1. The van der Waals surface area contributed by atoms with E-state index in [0.717, 1.165) is 11.3 Å². The van der Waals surface area contributed by atoms with Gasteiger partial charge in [-0.25, -0.2) is 0 Å². The van der Waals surface area contributed by atoms with E-state index in [2.05, 4.69) is 32.0 Å². The fourth-order valence-electron chi connectivity index (χ4n) is 1.99. The second-order valence-electron chi connectivity index (χ2n) is 6.32. The minimum absolute atomic E-state index is 0.0523. The maximum absolute atomic E-state index is 12.2. The van der Waals surface area contributed by atoms with Crippen molar-refractivity contribution >= 4 is 11.6 Å². The van der Waals surface area contributed by atoms with Crippen molar-refractivity contribution in [1.82, 2.24) is 0 Å². The Balaban J connectivity index is 3.01. The van der Waals surface area contributed by atoms with Crippen molar-refractivity contribution in [2.45, 2.75) is 52.5 Å². The molecular formula is C16H26N2O. The largest absolute Gasteiger partial charge is 0.325 e. The van der Waals surface area contributed by atoms with Gasteiger partial charge in [0, 0.05) is 24.7 Å². The van der Waals surface area contributed by atoms with Crippen LogP contribution in [0.2, 0.25) is 0 Å². The third-order valence-corrected chi connectivity index (χ3v) is 3.24. The van der Waals surface area contributed by atoms with Crippen LogP contribution in [0.15, 0.2) is 18.2 Å². The number of rotatable bonds is 4. The van der Waals surface area contributed by atoms with Gasteiger partial charge in [0.15, 0.2) is 0 Å². The topological polar surface area (TPSA) is 46.3 Å². The molecule has 1 aromatic rings. The first-order valence-electron chi connectivity index (χ1n) is 6.78. The van der Waals surface area contributed by atoms with E-state index in [1.165, 1.54) is 5.56 Å². The predicted molar refractivity (Wildman–Crippen MR) is 81.6 cm³/mol. The number of nitrogens with zero attached hydrogens (tertiary/aromatic N) is 1. The average Bonchev–Trinajstić information content (AvgIpc) is 2.26. The molecule has 1 aromatic carbocycles. The predicted octanol–water partition coefficient (Wildman–Crippen LogP) is 3.21. The van der Waals surface area contributed by atoms with Crippen LogP contribution in [0.1, 0.15) is 51.2 Å². The van der Waals surface area contributed by atoms with Crippen molar-refractivity contribution in [3.05, 3.63) is 29.3 Å². The van der Waals surface area contributed by atoms with Crippen molar-refractivity contribution < 1.29 is 4.79 Å². The van der Waals surface area contributed by atoms with Crippen molar-refractivity contribution in [1.29, 1.82) is 0 Å². The lowest BCUT2D eigenvalue weighted by Gasteiger charge is -2.25. The summed E-state index contributed by atoms with van der Waals surface area (Å²) in [4.78, 5) is 14.0. The van der Waals surface area contributed by atoms with Crippen LogP contribution in [0.5, 0.6) is 0 Å². The van der Waals surface area contributed by atoms with Crippen molar-refractivity contribution in [2.24, 2.45) is 5.73 Å². The smallest absolute Gasteiger partial charge is 0.228 e. The first-order valence-corrected chi connectivity index (χ1v) is 6.78. The lowest BCUT2D eigenvalue weighted by molar-refractivity contribution is -0.119. The van der Waals surface area contributed by atoms with Gasteiger partial charge in [-0.05, 0) is 43.9 Å². The summed E-state index contributed by atoms with van der Waals surface area (Å²) in [6.07, 6.45) is 0.342. The zero-order valence-corrected chi connectivity index (χ0v) is 12.9. The van der Waals surface area contributed by atoms with E-state index < -0.39 is 5.54 Å². The molecule has 0 heterocycles. The molecule has 106 valence electrons. The Labute approximate surface area is 116 Å². The molecule has 0 saturated carbocycles. The van der Waals surface area contributed by atoms with Crippen molar-refractivity contribution in [3.8, 4) is 0 Å². The van der Waals surface area contributed by atoms with Crippen LogP contribution in [-0.2, 0) is 4.79 Å². The highest BCUT2D eigenvalue weighted by Gasteiger charge is 2.21. The zero-order valence-electron chi connectivity index (χ0n) is 12.9. The molecule has 1 rings (SSSR count). The second-order valence-corrected chi connectivity index (χ2v) is 6.32. The van der Waals surface area contributed by atoms with Gasteiger partial charge >= 0.3 is 0 Å². The number of aryl methyl sites for hydroxylation is 1. The van der Waals surface area contributed by atoms with Crippen molar-refractivity contribution in [3.63, 3.8) is 0 Å². The molecule has 1 amide bonds. The molecule has 2 N–H and O–H groups in total. The molecule has 0 atom stereocenters. The van der Waals surface area contributed by atoms with Gasteiger partial charge in [0.05, 0.1) is 0 Å². The molecular weight excluding hydrogens is 236 g/mol. The van der Waals surface area contributed by atoms with Crippen LogP contribution >= 0.6 is 0 Å². The summed E-state index contributed by atoms with van der Waals surface area (Å²) in [5.74, 6) is 0.505. The molecule has 0 saturated heterocycles. The van der Waals surface area contributed by atoms with Crippen LogP contribution in [0.4, 0.5) is 5.69 Å². The summed E-state index contributed by atoms with van der Waals surface area (Å²) >= 11 is 0. The number of hydrogen-bond donors (Lipinski definition) is 1. The average molecular weight is 262 g/mol. The van der Waals surface area contributed by atoms with Crippen LogP contribution < -0.4 is 10.6 Å². The normalized spacial score (nSPS) is 11.8. The highest BCUT2D eigenvalue weighted by atomic mass is 16.2. The van der Waals surface area contributed by atoms with E-state index in [0.29, 0.717) is 12.3 Å². The van der Waals surface area contributed by atoms with Crippen LogP contribution in [0.25, 0.3) is 0 Å². The Morgan fingerprint density at radius 1 is 1.37 bits per heavy atom. The van der Waals surface area contributed by atoms with Crippen molar-refractivity contribution in [2.75, 3.05) is 11.9 Å². The maximum Gasteiger partial charge on any atom is 0.228 e. The van der Waals surface area contributed by atoms with Gasteiger partial charge in [-0.2, -0.15) is 0 Å². The SMILES string of the molecule is Cc1ccc(C(C)C)cc1N(C)C(=O)CC(C)(C)N. The first-order chi connectivity index (χ1) is 8.61. The van der Waals surface area contributed by atoms with Crippen LogP contribution in [-0.4, -0.2) is 18.5 Å². The maximum atomic E-state index is 12.2. The summed E-state index contributed by atoms with van der Waals surface area (Å²) in [6, 6.07) is 6.29. The Morgan fingerprint density at radius 3 is 2.42 bits per heavy atom. The van der Waals surface area contributed by atoms with Gasteiger partial charge in [0.2, 0.25) is 5.91 Å². The lowest BCUT2D eigenvalue weighted by atomic mass is 9.98. The second kappa shape index (κ2) is 5.74. The summed E-state index contributed by atoms with van der Waals surface area (Å²) in [5.41, 5.74) is 8.77. The molecule has 0 aliphatic heterocycles. The molecule has 0 bridgehead atoms. The summed E-state index contributed by atoms with van der Waals surface area (Å²) in [5, 5.41) is 0. The standard InChI is InChI=1S/C16H26N2O/c1-11(2)13-8-7-12(3)14(9-13)18(6)15(19)10-16(4,5)17/h7-9,11H,10,17H2,1-6H3. The molecule has 0 spiro atoms. The summed E-state index contributed by atoms with van der Waals surface area (Å²) < 4.78 is 0. The zero-order chi connectivity index (χ0) is 14.8. The number of hydrogen-bond acceptors (Lipinski definition) is 2. The molecule has 3 heteroatoms. The van der Waals surface area contributed by atoms with E-state index in [1.807, 2.05) is 27.8 Å². The molecule has 3 nitrogen and oxygen atoms in total. The van der Waals surface area contributed by atoms with Gasteiger partial charge < -0.3 is 10.6 Å². The molecule has 0 unspecified atom stereocenters. The highest BCUT2D eigenvalue weighted by molar-refractivity contribution is 5.94. The third-order valence-electron chi connectivity index (χ3n) is 3.24. The highest BCUT2D eigenvalue weighted by Crippen LogP contribution is 2.25. The lowest BCUT2D eigenvalue weighted by Crippen LogP contribution is -2.40. The summed E-state index contributed by atoms with van der Waals surface area (Å²) in [6.45, 7) is 10.1.